The molecule has 0 heterocycles. The Morgan fingerprint density at radius 3 is 2.58 bits per heavy atom. The average molecular weight is 337 g/mol. The molecule has 0 aromatic heterocycles. The van der Waals surface area contributed by atoms with Crippen LogP contribution in [-0.2, 0) is 0 Å². The molecule has 19 heavy (non-hydrogen) atoms. The zero-order valence-electron chi connectivity index (χ0n) is 9.88. The van der Waals surface area contributed by atoms with Gasteiger partial charge in [0.15, 0.2) is 0 Å². The first kappa shape index (κ1) is 14.2. The van der Waals surface area contributed by atoms with Gasteiger partial charge in [-0.2, -0.15) is 13.2 Å². The van der Waals surface area contributed by atoms with E-state index in [1.165, 1.54) is 6.07 Å². The predicted molar refractivity (Wildman–Crippen MR) is 68.7 cm³/mol. The number of rotatable bonds is 3. The minimum atomic E-state index is -4.40. The van der Waals surface area contributed by atoms with Crippen molar-refractivity contribution in [1.29, 1.82) is 0 Å². The summed E-state index contributed by atoms with van der Waals surface area (Å²) in [7, 11) is 0. The first-order valence-electron chi connectivity index (χ1n) is 5.70. The van der Waals surface area contributed by atoms with Gasteiger partial charge < -0.3 is 10.6 Å². The molecule has 3 nitrogen and oxygen atoms in total. The van der Waals surface area contributed by atoms with Crippen LogP contribution < -0.4 is 5.73 Å². The predicted octanol–water partition coefficient (Wildman–Crippen LogP) is 3.20. The number of hydrogen-bond donors (Lipinski definition) is 1. The van der Waals surface area contributed by atoms with Crippen molar-refractivity contribution < 1.29 is 18.0 Å². The summed E-state index contributed by atoms with van der Waals surface area (Å²) in [5.41, 5.74) is 6.08. The van der Waals surface area contributed by atoms with Gasteiger partial charge in [0.2, 0.25) is 0 Å². The van der Waals surface area contributed by atoms with E-state index in [0.29, 0.717) is 23.0 Å². The highest BCUT2D eigenvalue weighted by Crippen LogP contribution is 2.33. The Morgan fingerprint density at radius 2 is 2.05 bits per heavy atom. The van der Waals surface area contributed by atoms with Gasteiger partial charge in [-0.15, -0.1) is 0 Å². The number of amides is 1. The maximum atomic E-state index is 12.5. The van der Waals surface area contributed by atoms with Crippen LogP contribution in [0.25, 0.3) is 0 Å². The highest BCUT2D eigenvalue weighted by molar-refractivity contribution is 9.10. The van der Waals surface area contributed by atoms with Crippen molar-refractivity contribution in [2.24, 2.45) is 0 Å². The number of nitrogens with two attached hydrogens (primary N) is 1. The third kappa shape index (κ3) is 3.62. The molecule has 0 atom stereocenters. The number of carbonyl (C=O) groups excluding carboxylic acids is 1. The fourth-order valence-electron chi connectivity index (χ4n) is 1.81. The van der Waals surface area contributed by atoms with E-state index in [1.807, 2.05) is 0 Å². The van der Waals surface area contributed by atoms with Gasteiger partial charge in [-0.3, -0.25) is 4.79 Å². The first-order valence-corrected chi connectivity index (χ1v) is 6.50. The van der Waals surface area contributed by atoms with E-state index in [4.69, 9.17) is 5.73 Å². The second-order valence-electron chi connectivity index (χ2n) is 4.52. The molecule has 2 N–H and O–H groups in total. The molecule has 0 aliphatic heterocycles. The molecule has 1 aliphatic carbocycles. The van der Waals surface area contributed by atoms with E-state index in [0.717, 1.165) is 4.90 Å². The van der Waals surface area contributed by atoms with Gasteiger partial charge in [0.1, 0.15) is 6.54 Å². The molecule has 104 valence electrons. The summed E-state index contributed by atoms with van der Waals surface area (Å²) in [4.78, 5) is 13.1. The molecule has 7 heteroatoms. The van der Waals surface area contributed by atoms with Crippen LogP contribution in [0, 0.1) is 0 Å². The SMILES string of the molecule is Nc1ccc(Br)c(C(=O)N(CC(F)(F)F)C2CC2)c1. The van der Waals surface area contributed by atoms with Crippen LogP contribution in [0.1, 0.15) is 23.2 Å². The molecule has 0 radical (unpaired) electrons. The second kappa shape index (κ2) is 5.03. The lowest BCUT2D eigenvalue weighted by molar-refractivity contribution is -0.141. The van der Waals surface area contributed by atoms with Crippen LogP contribution >= 0.6 is 15.9 Å². The zero-order valence-corrected chi connectivity index (χ0v) is 11.5. The number of anilines is 1. The Kier molecular flexibility index (Phi) is 3.75. The van der Waals surface area contributed by atoms with E-state index in [2.05, 4.69) is 15.9 Å². The summed E-state index contributed by atoms with van der Waals surface area (Å²) in [5, 5.41) is 0. The van der Waals surface area contributed by atoms with Crippen molar-refractivity contribution >= 4 is 27.5 Å². The minimum Gasteiger partial charge on any atom is -0.399 e. The van der Waals surface area contributed by atoms with Gasteiger partial charge in [-0.1, -0.05) is 0 Å². The van der Waals surface area contributed by atoms with Gasteiger partial charge in [-0.25, -0.2) is 0 Å². The smallest absolute Gasteiger partial charge is 0.399 e. The Balaban J connectivity index is 2.26. The van der Waals surface area contributed by atoms with Gasteiger partial charge in [0.25, 0.3) is 5.91 Å². The van der Waals surface area contributed by atoms with Crippen molar-refractivity contribution in [2.45, 2.75) is 25.1 Å². The van der Waals surface area contributed by atoms with Crippen molar-refractivity contribution in [1.82, 2.24) is 4.90 Å². The van der Waals surface area contributed by atoms with Gasteiger partial charge >= 0.3 is 6.18 Å². The molecule has 0 bridgehead atoms. The third-order valence-corrected chi connectivity index (χ3v) is 3.51. The quantitative estimate of drug-likeness (QED) is 0.861. The largest absolute Gasteiger partial charge is 0.406 e. The molecule has 1 fully saturated rings. The summed E-state index contributed by atoms with van der Waals surface area (Å²) in [5.74, 6) is -0.640. The first-order chi connectivity index (χ1) is 8.78. The minimum absolute atomic E-state index is 0.163. The second-order valence-corrected chi connectivity index (χ2v) is 5.37. The van der Waals surface area contributed by atoms with Crippen molar-refractivity contribution in [3.8, 4) is 0 Å². The summed E-state index contributed by atoms with van der Waals surface area (Å²) < 4.78 is 38.0. The number of nitrogen functional groups attached to an aromatic ring is 1. The number of carbonyl (C=O) groups is 1. The van der Waals surface area contributed by atoms with Crippen LogP contribution in [-0.4, -0.2) is 29.6 Å². The molecule has 0 saturated heterocycles. The molecule has 1 saturated carbocycles. The highest BCUT2D eigenvalue weighted by Gasteiger charge is 2.41. The molecule has 1 aromatic rings. The van der Waals surface area contributed by atoms with E-state index < -0.39 is 18.6 Å². The van der Waals surface area contributed by atoms with Crippen molar-refractivity contribution in [2.75, 3.05) is 12.3 Å². The van der Waals surface area contributed by atoms with Gasteiger partial charge in [0.05, 0.1) is 5.56 Å². The molecule has 1 amide bonds. The Bertz CT molecular complexity index is 500. The van der Waals surface area contributed by atoms with Crippen LogP contribution in [0.4, 0.5) is 18.9 Å². The number of halogens is 4. The topological polar surface area (TPSA) is 46.3 Å². The molecule has 0 unspecified atom stereocenters. The van der Waals surface area contributed by atoms with E-state index in [9.17, 15) is 18.0 Å². The number of benzene rings is 1. The standard InChI is InChI=1S/C12H12BrF3N2O/c13-10-4-1-7(17)5-9(10)11(19)18(8-2-3-8)6-12(14,15)16/h1,4-5,8H,2-3,6,17H2. The summed E-state index contributed by atoms with van der Waals surface area (Å²) >= 11 is 3.16. The van der Waals surface area contributed by atoms with Gasteiger partial charge in [-0.05, 0) is 47.0 Å². The number of hydrogen-bond acceptors (Lipinski definition) is 2. The third-order valence-electron chi connectivity index (χ3n) is 2.82. The molecule has 0 spiro atoms. The maximum absolute atomic E-state index is 12.5. The Labute approximate surface area is 116 Å². The maximum Gasteiger partial charge on any atom is 0.406 e. The van der Waals surface area contributed by atoms with Crippen molar-refractivity contribution in [3.63, 3.8) is 0 Å². The lowest BCUT2D eigenvalue weighted by atomic mass is 10.1. The number of nitrogens with zero attached hydrogens (tertiary/aromatic N) is 1. The average Bonchev–Trinajstić information content (AvgIpc) is 3.11. The fourth-order valence-corrected chi connectivity index (χ4v) is 2.22. The van der Waals surface area contributed by atoms with E-state index in [1.54, 1.807) is 12.1 Å². The normalized spacial score (nSPS) is 15.4. The number of alkyl halides is 3. The van der Waals surface area contributed by atoms with Crippen LogP contribution in [0.5, 0.6) is 0 Å². The van der Waals surface area contributed by atoms with E-state index in [-0.39, 0.29) is 11.6 Å². The molecule has 1 aromatic carbocycles. The summed E-state index contributed by atoms with van der Waals surface area (Å²) in [6, 6.07) is 4.20. The fraction of sp³-hybridized carbons (Fsp3) is 0.417. The van der Waals surface area contributed by atoms with Crippen LogP contribution in [0.15, 0.2) is 22.7 Å². The Hall–Kier alpha value is -1.24. The molecule has 2 rings (SSSR count). The lowest BCUT2D eigenvalue weighted by Gasteiger charge is -2.24. The monoisotopic (exact) mass is 336 g/mol. The van der Waals surface area contributed by atoms with Crippen LogP contribution in [0.3, 0.4) is 0 Å². The highest BCUT2D eigenvalue weighted by atomic mass is 79.9. The van der Waals surface area contributed by atoms with Crippen LogP contribution in [0.2, 0.25) is 0 Å². The zero-order chi connectivity index (χ0) is 14.2. The van der Waals surface area contributed by atoms with Gasteiger partial charge in [0, 0.05) is 16.2 Å². The van der Waals surface area contributed by atoms with E-state index >= 15 is 0 Å². The molecular formula is C12H12BrF3N2O. The van der Waals surface area contributed by atoms with Crippen molar-refractivity contribution in [3.05, 3.63) is 28.2 Å². The molecule has 1 aliphatic rings. The summed E-state index contributed by atoms with van der Waals surface area (Å²) in [6.45, 7) is -1.22. The summed E-state index contributed by atoms with van der Waals surface area (Å²) in [6.07, 6.45) is -3.17. The lowest BCUT2D eigenvalue weighted by Crippen LogP contribution is -2.40. The Morgan fingerprint density at radius 1 is 1.42 bits per heavy atom. The molecular weight excluding hydrogens is 325 g/mol.